The number of fused-ring (bicyclic) bond motifs is 1. The van der Waals surface area contributed by atoms with Gasteiger partial charge in [-0.2, -0.15) is 0 Å². The standard InChI is InChI=1S/C27H29N5O3S/c1-18(2)13-14-28-27(35)26(24-12-7-15-36-24)32(21-9-6-8-20(16-21)19(3)33)25(34)17-31-23-11-5-4-10-22(23)29-30-31/h4-12,15-16,18,26H,13-14,17H2,1-3H3,(H,28,35)/t26-/m1/s1. The molecule has 4 aromatic rings. The molecule has 2 amide bonds. The van der Waals surface area contributed by atoms with Crippen LogP contribution in [0.15, 0.2) is 66.0 Å². The molecule has 0 aliphatic carbocycles. The second-order valence-corrected chi connectivity index (χ2v) is 9.98. The van der Waals surface area contributed by atoms with E-state index in [0.717, 1.165) is 16.8 Å². The smallest absolute Gasteiger partial charge is 0.249 e. The van der Waals surface area contributed by atoms with Crippen LogP contribution in [0.4, 0.5) is 5.69 Å². The maximum atomic E-state index is 13.9. The number of hydrogen-bond acceptors (Lipinski definition) is 6. The Labute approximate surface area is 213 Å². The van der Waals surface area contributed by atoms with Gasteiger partial charge in [0.1, 0.15) is 18.1 Å². The number of para-hydroxylation sites is 1. The number of ketones is 1. The van der Waals surface area contributed by atoms with E-state index in [0.29, 0.717) is 29.2 Å². The van der Waals surface area contributed by atoms with Gasteiger partial charge in [-0.1, -0.05) is 49.4 Å². The van der Waals surface area contributed by atoms with Gasteiger partial charge in [0.15, 0.2) is 5.78 Å². The zero-order chi connectivity index (χ0) is 25.7. The number of rotatable bonds is 10. The summed E-state index contributed by atoms with van der Waals surface area (Å²) >= 11 is 1.40. The van der Waals surface area contributed by atoms with Crippen LogP contribution in [0.25, 0.3) is 11.0 Å². The molecule has 0 fully saturated rings. The summed E-state index contributed by atoms with van der Waals surface area (Å²) in [6.45, 7) is 6.04. The van der Waals surface area contributed by atoms with Gasteiger partial charge in [0.2, 0.25) is 11.8 Å². The third-order valence-electron chi connectivity index (χ3n) is 5.84. The third-order valence-corrected chi connectivity index (χ3v) is 6.77. The topological polar surface area (TPSA) is 97.2 Å². The second kappa shape index (κ2) is 11.3. The molecule has 0 radical (unpaired) electrons. The molecule has 0 spiro atoms. The summed E-state index contributed by atoms with van der Waals surface area (Å²) in [4.78, 5) is 41.8. The lowest BCUT2D eigenvalue weighted by Gasteiger charge is -2.31. The van der Waals surface area contributed by atoms with Crippen molar-refractivity contribution in [1.82, 2.24) is 20.3 Å². The summed E-state index contributed by atoms with van der Waals surface area (Å²) in [5.74, 6) is -0.316. The molecule has 1 atom stereocenters. The highest BCUT2D eigenvalue weighted by molar-refractivity contribution is 7.10. The maximum absolute atomic E-state index is 13.9. The predicted molar refractivity (Wildman–Crippen MR) is 141 cm³/mol. The Morgan fingerprint density at radius 1 is 1.06 bits per heavy atom. The second-order valence-electron chi connectivity index (χ2n) is 9.00. The number of nitrogens with one attached hydrogen (secondary N) is 1. The van der Waals surface area contributed by atoms with Gasteiger partial charge in [-0.3, -0.25) is 19.3 Å². The Kier molecular flexibility index (Phi) is 7.90. The molecule has 9 heteroatoms. The van der Waals surface area contributed by atoms with Crippen LogP contribution in [0.2, 0.25) is 0 Å². The minimum absolute atomic E-state index is 0.119. The molecule has 2 aromatic carbocycles. The highest BCUT2D eigenvalue weighted by Gasteiger charge is 2.34. The monoisotopic (exact) mass is 503 g/mol. The summed E-state index contributed by atoms with van der Waals surface area (Å²) in [5.41, 5.74) is 2.32. The summed E-state index contributed by atoms with van der Waals surface area (Å²) in [5, 5.41) is 13.2. The Morgan fingerprint density at radius 2 is 1.86 bits per heavy atom. The molecule has 0 saturated heterocycles. The van der Waals surface area contributed by atoms with Crippen LogP contribution < -0.4 is 10.2 Å². The van der Waals surface area contributed by atoms with E-state index < -0.39 is 6.04 Å². The highest BCUT2D eigenvalue weighted by Crippen LogP contribution is 2.32. The number of carbonyl (C=O) groups is 3. The van der Waals surface area contributed by atoms with Gasteiger partial charge in [0.05, 0.1) is 5.52 Å². The minimum atomic E-state index is -0.901. The van der Waals surface area contributed by atoms with Crippen molar-refractivity contribution in [3.8, 4) is 0 Å². The molecule has 0 bridgehead atoms. The van der Waals surface area contributed by atoms with E-state index in [4.69, 9.17) is 0 Å². The lowest BCUT2D eigenvalue weighted by atomic mass is 10.1. The Bertz CT molecular complexity index is 1360. The van der Waals surface area contributed by atoms with Crippen LogP contribution in [-0.2, 0) is 16.1 Å². The number of aromatic nitrogens is 3. The van der Waals surface area contributed by atoms with Crippen molar-refractivity contribution in [3.05, 3.63) is 76.5 Å². The van der Waals surface area contributed by atoms with Crippen molar-refractivity contribution in [2.45, 2.75) is 39.8 Å². The van der Waals surface area contributed by atoms with Gasteiger partial charge < -0.3 is 5.32 Å². The molecular weight excluding hydrogens is 474 g/mol. The lowest BCUT2D eigenvalue weighted by molar-refractivity contribution is -0.126. The summed E-state index contributed by atoms with van der Waals surface area (Å²) < 4.78 is 1.53. The zero-order valence-corrected chi connectivity index (χ0v) is 21.4. The molecule has 8 nitrogen and oxygen atoms in total. The fraction of sp³-hybridized carbons (Fsp3) is 0.296. The van der Waals surface area contributed by atoms with E-state index in [1.807, 2.05) is 41.8 Å². The molecule has 4 rings (SSSR count). The first-order valence-corrected chi connectivity index (χ1v) is 12.8. The van der Waals surface area contributed by atoms with Gasteiger partial charge in [0.25, 0.3) is 0 Å². The van der Waals surface area contributed by atoms with Crippen molar-refractivity contribution in [2.75, 3.05) is 11.4 Å². The van der Waals surface area contributed by atoms with Crippen LogP contribution in [0.1, 0.15) is 48.5 Å². The van der Waals surface area contributed by atoms with E-state index in [9.17, 15) is 14.4 Å². The molecule has 0 unspecified atom stereocenters. The van der Waals surface area contributed by atoms with E-state index in [-0.39, 0.29) is 24.1 Å². The van der Waals surface area contributed by atoms with Crippen molar-refractivity contribution in [2.24, 2.45) is 5.92 Å². The van der Waals surface area contributed by atoms with Gasteiger partial charge in [0, 0.05) is 22.7 Å². The van der Waals surface area contributed by atoms with Crippen LogP contribution in [0.5, 0.6) is 0 Å². The molecule has 186 valence electrons. The first-order valence-electron chi connectivity index (χ1n) is 11.9. The number of carbonyl (C=O) groups excluding carboxylic acids is 3. The van der Waals surface area contributed by atoms with Gasteiger partial charge >= 0.3 is 0 Å². The van der Waals surface area contributed by atoms with Gasteiger partial charge in [-0.05, 0) is 55.0 Å². The van der Waals surface area contributed by atoms with E-state index in [2.05, 4.69) is 29.5 Å². The number of Topliss-reactive ketones (excluding diaryl/α,β-unsaturated/α-hetero) is 1. The quantitative estimate of drug-likeness (QED) is 0.318. The molecule has 2 heterocycles. The zero-order valence-electron chi connectivity index (χ0n) is 20.5. The number of anilines is 1. The molecule has 0 aliphatic rings. The highest BCUT2D eigenvalue weighted by atomic mass is 32.1. The summed E-state index contributed by atoms with van der Waals surface area (Å²) in [6, 6.07) is 17.0. The molecule has 2 aromatic heterocycles. The fourth-order valence-electron chi connectivity index (χ4n) is 3.95. The number of nitrogens with zero attached hydrogens (tertiary/aromatic N) is 4. The summed E-state index contributed by atoms with van der Waals surface area (Å²) in [6.07, 6.45) is 0.821. The Morgan fingerprint density at radius 3 is 2.58 bits per heavy atom. The van der Waals surface area contributed by atoms with Crippen LogP contribution in [0.3, 0.4) is 0 Å². The summed E-state index contributed by atoms with van der Waals surface area (Å²) in [7, 11) is 0. The molecule has 1 N–H and O–H groups in total. The number of thiophene rings is 1. The van der Waals surface area contributed by atoms with Crippen LogP contribution in [0, 0.1) is 5.92 Å². The van der Waals surface area contributed by atoms with Gasteiger partial charge in [-0.15, -0.1) is 16.4 Å². The number of amides is 2. The van der Waals surface area contributed by atoms with Crippen molar-refractivity contribution < 1.29 is 14.4 Å². The van der Waals surface area contributed by atoms with Crippen molar-refractivity contribution in [1.29, 1.82) is 0 Å². The molecular formula is C27H29N5O3S. The molecule has 0 aliphatic heterocycles. The van der Waals surface area contributed by atoms with Gasteiger partial charge in [-0.25, -0.2) is 4.68 Å². The molecule has 0 saturated carbocycles. The minimum Gasteiger partial charge on any atom is -0.354 e. The first kappa shape index (κ1) is 25.2. The largest absolute Gasteiger partial charge is 0.354 e. The number of benzene rings is 2. The van der Waals surface area contributed by atoms with Crippen molar-refractivity contribution >= 4 is 45.7 Å². The maximum Gasteiger partial charge on any atom is 0.249 e. The van der Waals surface area contributed by atoms with Crippen molar-refractivity contribution in [3.63, 3.8) is 0 Å². The first-order chi connectivity index (χ1) is 17.3. The number of hydrogen-bond donors (Lipinski definition) is 1. The normalized spacial score (nSPS) is 12.0. The van der Waals surface area contributed by atoms with Crippen LogP contribution >= 0.6 is 11.3 Å². The average molecular weight is 504 g/mol. The predicted octanol–water partition coefficient (Wildman–Crippen LogP) is 4.63. The van der Waals surface area contributed by atoms with Crippen LogP contribution in [-0.4, -0.2) is 39.1 Å². The van der Waals surface area contributed by atoms with E-state index in [1.54, 1.807) is 24.3 Å². The molecule has 36 heavy (non-hydrogen) atoms. The Balaban J connectivity index is 1.76. The fourth-order valence-corrected chi connectivity index (χ4v) is 4.76. The SMILES string of the molecule is CC(=O)c1cccc(N(C(=O)Cn2nnc3ccccc32)[C@@H](C(=O)NCCC(C)C)c2cccs2)c1. The third kappa shape index (κ3) is 5.68. The average Bonchev–Trinajstić information content (AvgIpc) is 3.53. The van der Waals surface area contributed by atoms with E-state index in [1.165, 1.54) is 27.8 Å². The Hall–Kier alpha value is -3.85. The lowest BCUT2D eigenvalue weighted by Crippen LogP contribution is -2.45. The van der Waals surface area contributed by atoms with E-state index >= 15 is 0 Å².